The molecule has 0 saturated heterocycles. The lowest BCUT2D eigenvalue weighted by Crippen LogP contribution is -2.11. The van der Waals surface area contributed by atoms with Gasteiger partial charge in [0.2, 0.25) is 5.13 Å². The average Bonchev–Trinajstić information content (AvgIpc) is 2.80. The molecule has 0 atom stereocenters. The Bertz CT molecular complexity index is 415. The first-order chi connectivity index (χ1) is 7.84. The van der Waals surface area contributed by atoms with E-state index in [2.05, 4.69) is 15.5 Å². The third kappa shape index (κ3) is 3.09. The van der Waals surface area contributed by atoms with Crippen molar-refractivity contribution in [3.05, 3.63) is 29.8 Å². The maximum Gasteiger partial charge on any atom is 0.205 e. The van der Waals surface area contributed by atoms with Crippen LogP contribution in [0.4, 0.5) is 10.8 Å². The van der Waals surface area contributed by atoms with Gasteiger partial charge in [-0.1, -0.05) is 11.3 Å². The van der Waals surface area contributed by atoms with Crippen molar-refractivity contribution < 1.29 is 4.74 Å². The minimum Gasteiger partial charge on any atom is -0.492 e. The molecule has 0 aliphatic rings. The van der Waals surface area contributed by atoms with Crippen LogP contribution in [0.1, 0.15) is 0 Å². The summed E-state index contributed by atoms with van der Waals surface area (Å²) in [5.41, 5.74) is 7.98. The minimum atomic E-state index is 0.573. The molecule has 3 N–H and O–H groups in total. The maximum absolute atomic E-state index is 5.56. The summed E-state index contributed by atoms with van der Waals surface area (Å²) in [6, 6.07) is 7.32. The van der Waals surface area contributed by atoms with Gasteiger partial charge in [-0.25, -0.2) is 0 Å². The zero-order chi connectivity index (χ0) is 11.2. The molecule has 5 nitrogen and oxygen atoms in total. The van der Waals surface area contributed by atoms with E-state index in [0.717, 1.165) is 16.6 Å². The quantitative estimate of drug-likeness (QED) is 0.609. The Kier molecular flexibility index (Phi) is 3.55. The molecular formula is C10H12N4OS. The van der Waals surface area contributed by atoms with Crippen LogP contribution in [0.2, 0.25) is 0 Å². The molecule has 16 heavy (non-hydrogen) atoms. The van der Waals surface area contributed by atoms with Gasteiger partial charge >= 0.3 is 0 Å². The van der Waals surface area contributed by atoms with Crippen LogP contribution in [-0.4, -0.2) is 23.3 Å². The van der Waals surface area contributed by atoms with Gasteiger partial charge in [0, 0.05) is 5.69 Å². The van der Waals surface area contributed by atoms with Gasteiger partial charge in [0.05, 0.1) is 6.54 Å². The Labute approximate surface area is 97.3 Å². The summed E-state index contributed by atoms with van der Waals surface area (Å²) in [4.78, 5) is 0. The Balaban J connectivity index is 1.70. The smallest absolute Gasteiger partial charge is 0.205 e. The normalized spacial score (nSPS) is 10.0. The van der Waals surface area contributed by atoms with Crippen LogP contribution in [0, 0.1) is 0 Å². The van der Waals surface area contributed by atoms with E-state index in [9.17, 15) is 0 Å². The third-order valence-corrected chi connectivity index (χ3v) is 2.54. The van der Waals surface area contributed by atoms with Crippen LogP contribution in [-0.2, 0) is 0 Å². The highest BCUT2D eigenvalue weighted by atomic mass is 32.1. The Morgan fingerprint density at radius 1 is 1.31 bits per heavy atom. The third-order valence-electron chi connectivity index (χ3n) is 1.89. The van der Waals surface area contributed by atoms with Crippen LogP contribution in [0.15, 0.2) is 29.8 Å². The lowest BCUT2D eigenvalue weighted by atomic mass is 10.3. The first-order valence-electron chi connectivity index (χ1n) is 4.83. The van der Waals surface area contributed by atoms with Crippen molar-refractivity contribution in [1.29, 1.82) is 0 Å². The van der Waals surface area contributed by atoms with Crippen LogP contribution in [0.25, 0.3) is 0 Å². The highest BCUT2D eigenvalue weighted by Gasteiger charge is 1.95. The summed E-state index contributed by atoms with van der Waals surface area (Å²) in [7, 11) is 0. The first kappa shape index (κ1) is 10.7. The molecule has 0 unspecified atom stereocenters. The van der Waals surface area contributed by atoms with E-state index in [-0.39, 0.29) is 0 Å². The SMILES string of the molecule is Nc1ccc(OCCNc2nncs2)cc1. The number of anilines is 2. The molecular weight excluding hydrogens is 224 g/mol. The van der Waals surface area contributed by atoms with Crippen molar-refractivity contribution in [2.75, 3.05) is 24.2 Å². The van der Waals surface area contributed by atoms with Crippen LogP contribution in [0.3, 0.4) is 0 Å². The molecule has 0 saturated carbocycles. The van der Waals surface area contributed by atoms with E-state index >= 15 is 0 Å². The van der Waals surface area contributed by atoms with E-state index in [1.807, 2.05) is 24.3 Å². The average molecular weight is 236 g/mol. The van der Waals surface area contributed by atoms with Gasteiger partial charge in [-0.05, 0) is 24.3 Å². The Morgan fingerprint density at radius 3 is 2.81 bits per heavy atom. The fourth-order valence-electron chi connectivity index (χ4n) is 1.14. The molecule has 0 radical (unpaired) electrons. The number of nitrogens with zero attached hydrogens (tertiary/aromatic N) is 2. The molecule has 2 rings (SSSR count). The summed E-state index contributed by atoms with van der Waals surface area (Å²) >= 11 is 1.47. The molecule has 0 spiro atoms. The number of benzene rings is 1. The molecule has 1 heterocycles. The van der Waals surface area contributed by atoms with E-state index in [1.165, 1.54) is 11.3 Å². The molecule has 2 aromatic rings. The second kappa shape index (κ2) is 5.32. The van der Waals surface area contributed by atoms with E-state index < -0.39 is 0 Å². The van der Waals surface area contributed by atoms with E-state index in [0.29, 0.717) is 13.2 Å². The van der Waals surface area contributed by atoms with Gasteiger partial charge in [-0.2, -0.15) is 0 Å². The van der Waals surface area contributed by atoms with Crippen molar-refractivity contribution >= 4 is 22.2 Å². The number of ether oxygens (including phenoxy) is 1. The zero-order valence-electron chi connectivity index (χ0n) is 8.59. The van der Waals surface area contributed by atoms with Gasteiger partial charge in [0.25, 0.3) is 0 Å². The van der Waals surface area contributed by atoms with E-state index in [4.69, 9.17) is 10.5 Å². The zero-order valence-corrected chi connectivity index (χ0v) is 9.41. The van der Waals surface area contributed by atoms with Gasteiger partial charge in [-0.15, -0.1) is 10.2 Å². The standard InChI is InChI=1S/C10H12N4OS/c11-8-1-3-9(4-2-8)15-6-5-12-10-14-13-7-16-10/h1-4,7H,5-6,11H2,(H,12,14). The van der Waals surface area contributed by atoms with Crippen molar-refractivity contribution in [3.8, 4) is 5.75 Å². The van der Waals surface area contributed by atoms with Gasteiger partial charge in [0.1, 0.15) is 17.9 Å². The number of rotatable bonds is 5. The molecule has 1 aromatic heterocycles. The molecule has 6 heteroatoms. The van der Waals surface area contributed by atoms with Crippen LogP contribution in [0.5, 0.6) is 5.75 Å². The number of hydrogen-bond acceptors (Lipinski definition) is 6. The number of aromatic nitrogens is 2. The maximum atomic E-state index is 5.56. The Hall–Kier alpha value is -1.82. The summed E-state index contributed by atoms with van der Waals surface area (Å²) in [6.07, 6.45) is 0. The number of hydrogen-bond donors (Lipinski definition) is 2. The van der Waals surface area contributed by atoms with Gasteiger partial charge in [0.15, 0.2) is 0 Å². The first-order valence-corrected chi connectivity index (χ1v) is 5.71. The summed E-state index contributed by atoms with van der Waals surface area (Å²) < 4.78 is 5.50. The number of nitrogens with two attached hydrogens (primary N) is 1. The second-order valence-electron chi connectivity index (χ2n) is 3.09. The van der Waals surface area contributed by atoms with E-state index in [1.54, 1.807) is 5.51 Å². The van der Waals surface area contributed by atoms with Crippen LogP contribution >= 0.6 is 11.3 Å². The molecule has 0 aliphatic heterocycles. The fourth-order valence-corrected chi connectivity index (χ4v) is 1.61. The second-order valence-corrected chi connectivity index (χ2v) is 3.92. The van der Waals surface area contributed by atoms with Gasteiger partial charge < -0.3 is 15.8 Å². The summed E-state index contributed by atoms with van der Waals surface area (Å²) in [6.45, 7) is 1.27. The lowest BCUT2D eigenvalue weighted by Gasteiger charge is -2.06. The predicted molar refractivity (Wildman–Crippen MR) is 64.7 cm³/mol. The number of nitrogen functional groups attached to an aromatic ring is 1. The molecule has 0 bridgehead atoms. The molecule has 0 fully saturated rings. The topological polar surface area (TPSA) is 73.1 Å². The van der Waals surface area contributed by atoms with Crippen LogP contribution < -0.4 is 15.8 Å². The van der Waals surface area contributed by atoms with Crippen molar-refractivity contribution in [2.45, 2.75) is 0 Å². The molecule has 84 valence electrons. The van der Waals surface area contributed by atoms with Crippen molar-refractivity contribution in [2.24, 2.45) is 0 Å². The highest BCUT2D eigenvalue weighted by molar-refractivity contribution is 7.13. The number of nitrogens with one attached hydrogen (secondary N) is 1. The molecule has 1 aromatic carbocycles. The molecule has 0 amide bonds. The predicted octanol–water partition coefficient (Wildman–Crippen LogP) is 1.61. The monoisotopic (exact) mass is 236 g/mol. The summed E-state index contributed by atoms with van der Waals surface area (Å²) in [5, 5.41) is 11.5. The Morgan fingerprint density at radius 2 is 2.12 bits per heavy atom. The minimum absolute atomic E-state index is 0.573. The van der Waals surface area contributed by atoms with Crippen molar-refractivity contribution in [3.63, 3.8) is 0 Å². The largest absolute Gasteiger partial charge is 0.492 e. The van der Waals surface area contributed by atoms with Gasteiger partial charge in [-0.3, -0.25) is 0 Å². The summed E-state index contributed by atoms with van der Waals surface area (Å²) in [5.74, 6) is 0.813. The lowest BCUT2D eigenvalue weighted by molar-refractivity contribution is 0.333. The molecule has 0 aliphatic carbocycles. The van der Waals surface area contributed by atoms with Crippen molar-refractivity contribution in [1.82, 2.24) is 10.2 Å². The fraction of sp³-hybridized carbons (Fsp3) is 0.200. The highest BCUT2D eigenvalue weighted by Crippen LogP contribution is 2.13.